The van der Waals surface area contributed by atoms with Crippen molar-refractivity contribution in [2.75, 3.05) is 0 Å². The number of carbonyl (C=O) groups is 1. The van der Waals surface area contributed by atoms with Crippen molar-refractivity contribution >= 4 is 49.2 Å². The topological polar surface area (TPSA) is 144 Å². The van der Waals surface area contributed by atoms with Crippen molar-refractivity contribution in [2.24, 2.45) is 0 Å². The average Bonchev–Trinajstić information content (AvgIpc) is 2.85. The van der Waals surface area contributed by atoms with E-state index in [1.807, 2.05) is 0 Å². The molecule has 0 aliphatic carbocycles. The minimum atomic E-state index is -4.76. The van der Waals surface area contributed by atoms with Crippen molar-refractivity contribution in [3.63, 3.8) is 0 Å². The Morgan fingerprint density at radius 1 is 0.658 bits per heavy atom. The third-order valence-electron chi connectivity index (χ3n) is 5.07. The molecule has 0 aromatic heterocycles. The largest absolute Gasteiger partial charge is 0.457 e. The number of hydrogen-bond acceptors (Lipinski definition) is 7. The van der Waals surface area contributed by atoms with Gasteiger partial charge in [-0.15, -0.1) is 0 Å². The molecule has 38 heavy (non-hydrogen) atoms. The summed E-state index contributed by atoms with van der Waals surface area (Å²) in [6.07, 6.45) is 0. The van der Waals surface area contributed by atoms with Crippen LogP contribution in [0, 0.1) is 0 Å². The lowest BCUT2D eigenvalue weighted by molar-refractivity contribution is 0.103. The lowest BCUT2D eigenvalue weighted by Crippen LogP contribution is -2.03. The van der Waals surface area contributed by atoms with Gasteiger partial charge in [-0.2, -0.15) is 16.8 Å². The molecule has 4 aromatic carbocycles. The van der Waals surface area contributed by atoms with Crippen LogP contribution in [0.25, 0.3) is 0 Å². The van der Waals surface area contributed by atoms with Gasteiger partial charge in [0, 0.05) is 22.2 Å². The van der Waals surface area contributed by atoms with E-state index in [1.54, 1.807) is 6.07 Å². The summed E-state index contributed by atoms with van der Waals surface area (Å²) in [6.45, 7) is 0. The Labute approximate surface area is 227 Å². The first-order valence-corrected chi connectivity index (χ1v) is 14.1. The molecule has 0 aliphatic rings. The molecular weight excluding hydrogens is 579 g/mol. The molecule has 0 atom stereocenters. The molecule has 0 fully saturated rings. The summed E-state index contributed by atoms with van der Waals surface area (Å²) in [5.74, 6) is -0.295. The van der Waals surface area contributed by atoms with E-state index in [4.69, 9.17) is 37.2 Å². The van der Waals surface area contributed by atoms with Crippen molar-refractivity contribution < 1.29 is 40.2 Å². The number of benzene rings is 4. The van der Waals surface area contributed by atoms with E-state index >= 15 is 0 Å². The molecule has 0 unspecified atom stereocenters. The summed E-state index contributed by atoms with van der Waals surface area (Å²) in [4.78, 5) is 11.8. The third-order valence-corrected chi connectivity index (χ3v) is 7.38. The van der Waals surface area contributed by atoms with Gasteiger partial charge in [-0.1, -0.05) is 23.2 Å². The molecule has 196 valence electrons. The summed E-state index contributed by atoms with van der Waals surface area (Å²) >= 11 is 12.1. The Hall–Kier alpha value is -3.45. The maximum atomic E-state index is 12.8. The van der Waals surface area contributed by atoms with Crippen LogP contribution in [-0.2, 0) is 20.2 Å². The molecule has 0 spiro atoms. The fraction of sp³-hybridized carbons (Fsp3) is 0. The second-order valence-electron chi connectivity index (χ2n) is 7.71. The Bertz CT molecular complexity index is 1740. The van der Waals surface area contributed by atoms with E-state index in [-0.39, 0.29) is 44.3 Å². The fourth-order valence-corrected chi connectivity index (χ4v) is 4.77. The summed E-state index contributed by atoms with van der Waals surface area (Å²) in [5.41, 5.74) is 0.540. The van der Waals surface area contributed by atoms with Crippen LogP contribution in [0.2, 0.25) is 10.0 Å². The van der Waals surface area contributed by atoms with Crippen molar-refractivity contribution in [3.05, 3.63) is 106 Å². The second kappa shape index (κ2) is 10.7. The van der Waals surface area contributed by atoms with Gasteiger partial charge in [0.2, 0.25) is 0 Å². The number of ether oxygens (including phenoxy) is 2. The van der Waals surface area contributed by atoms with Gasteiger partial charge in [0.15, 0.2) is 5.78 Å². The Morgan fingerprint density at radius 3 is 1.84 bits per heavy atom. The van der Waals surface area contributed by atoms with Crippen molar-refractivity contribution in [3.8, 4) is 23.0 Å². The van der Waals surface area contributed by atoms with Gasteiger partial charge in [-0.3, -0.25) is 13.9 Å². The molecule has 0 saturated carbocycles. The Kier molecular flexibility index (Phi) is 7.79. The zero-order valence-corrected chi connectivity index (χ0v) is 22.1. The molecule has 0 heterocycles. The first-order valence-electron chi connectivity index (χ1n) is 10.5. The molecule has 0 radical (unpaired) electrons. The summed E-state index contributed by atoms with van der Waals surface area (Å²) in [7, 11) is -9.19. The third kappa shape index (κ3) is 6.51. The SMILES string of the molecule is O=C(c1ccc(Oc2ccc(Oc3ccc(S(=O)(=O)O)cc3)c(S(=O)(=O)O)c2)cc1)c1cc(Cl)ccc1Cl. The van der Waals surface area contributed by atoms with Crippen molar-refractivity contribution in [1.82, 2.24) is 0 Å². The predicted molar refractivity (Wildman–Crippen MR) is 139 cm³/mol. The number of hydrogen-bond donors (Lipinski definition) is 2. The van der Waals surface area contributed by atoms with E-state index < -0.39 is 25.1 Å². The van der Waals surface area contributed by atoms with Crippen LogP contribution in [0.4, 0.5) is 0 Å². The van der Waals surface area contributed by atoms with Crippen molar-refractivity contribution in [1.29, 1.82) is 0 Å². The highest BCUT2D eigenvalue weighted by Crippen LogP contribution is 2.34. The van der Waals surface area contributed by atoms with E-state index in [2.05, 4.69) is 0 Å². The number of ketones is 1. The highest BCUT2D eigenvalue weighted by Gasteiger charge is 2.20. The first-order chi connectivity index (χ1) is 17.8. The van der Waals surface area contributed by atoms with Gasteiger partial charge in [0.1, 0.15) is 27.9 Å². The van der Waals surface area contributed by atoms with Crippen LogP contribution in [0.1, 0.15) is 15.9 Å². The van der Waals surface area contributed by atoms with Crippen LogP contribution in [0.5, 0.6) is 23.0 Å². The normalized spacial score (nSPS) is 11.7. The fourth-order valence-electron chi connectivity index (χ4n) is 3.28. The van der Waals surface area contributed by atoms with E-state index in [0.717, 1.165) is 18.2 Å². The average molecular weight is 595 g/mol. The lowest BCUT2D eigenvalue weighted by Gasteiger charge is -2.12. The maximum absolute atomic E-state index is 12.8. The van der Waals surface area contributed by atoms with Crippen LogP contribution in [0.3, 0.4) is 0 Å². The van der Waals surface area contributed by atoms with E-state index in [9.17, 15) is 26.2 Å². The van der Waals surface area contributed by atoms with Gasteiger partial charge in [-0.05, 0) is 78.9 Å². The van der Waals surface area contributed by atoms with Gasteiger partial charge in [-0.25, -0.2) is 0 Å². The minimum absolute atomic E-state index is 0.0312. The van der Waals surface area contributed by atoms with Crippen LogP contribution >= 0.6 is 23.2 Å². The van der Waals surface area contributed by atoms with Gasteiger partial charge >= 0.3 is 0 Å². The van der Waals surface area contributed by atoms with Gasteiger partial charge in [0.05, 0.1) is 9.92 Å². The first kappa shape index (κ1) is 27.6. The molecule has 4 aromatic rings. The van der Waals surface area contributed by atoms with E-state index in [0.29, 0.717) is 10.6 Å². The van der Waals surface area contributed by atoms with Crippen molar-refractivity contribution in [2.45, 2.75) is 9.79 Å². The lowest BCUT2D eigenvalue weighted by atomic mass is 10.0. The number of halogens is 2. The molecule has 13 heteroatoms. The second-order valence-corrected chi connectivity index (χ2v) is 11.4. The monoisotopic (exact) mass is 594 g/mol. The molecule has 4 rings (SSSR count). The number of rotatable bonds is 8. The van der Waals surface area contributed by atoms with E-state index in [1.165, 1.54) is 60.7 Å². The van der Waals surface area contributed by atoms with Gasteiger partial charge < -0.3 is 9.47 Å². The minimum Gasteiger partial charge on any atom is -0.457 e. The summed E-state index contributed by atoms with van der Waals surface area (Å²) < 4.78 is 76.3. The predicted octanol–water partition coefficient (Wildman–Crippen LogP) is 6.30. The molecule has 2 N–H and O–H groups in total. The molecule has 0 aliphatic heterocycles. The highest BCUT2D eigenvalue weighted by molar-refractivity contribution is 7.86. The van der Waals surface area contributed by atoms with Gasteiger partial charge in [0.25, 0.3) is 20.2 Å². The molecule has 0 amide bonds. The molecular formula is C25H16Cl2O9S2. The number of carbonyl (C=O) groups excluding carboxylic acids is 1. The summed E-state index contributed by atoms with van der Waals surface area (Å²) in [6, 6.07) is 18.6. The Balaban J connectivity index is 1.56. The molecule has 0 saturated heterocycles. The Morgan fingerprint density at radius 2 is 1.24 bits per heavy atom. The molecule has 0 bridgehead atoms. The summed E-state index contributed by atoms with van der Waals surface area (Å²) in [5, 5.41) is 0.601. The molecule has 9 nitrogen and oxygen atoms in total. The van der Waals surface area contributed by atoms with Crippen LogP contribution < -0.4 is 9.47 Å². The smallest absolute Gasteiger partial charge is 0.298 e. The zero-order valence-electron chi connectivity index (χ0n) is 18.9. The highest BCUT2D eigenvalue weighted by atomic mass is 35.5. The quantitative estimate of drug-likeness (QED) is 0.177. The van der Waals surface area contributed by atoms with Crippen LogP contribution in [-0.4, -0.2) is 31.7 Å². The van der Waals surface area contributed by atoms with Crippen LogP contribution in [0.15, 0.2) is 94.7 Å². The zero-order chi connectivity index (χ0) is 27.7. The maximum Gasteiger partial charge on any atom is 0.298 e. The standard InChI is InChI=1S/C25H16Cl2O9S2/c26-16-3-11-22(27)21(13-16)25(28)15-1-4-17(5-2-15)35-19-8-12-23(24(14-19)38(32,33)34)36-18-6-9-20(10-7-18)37(29,30)31/h1-14H,(H,29,30,31)(H,32,33,34).